The van der Waals surface area contributed by atoms with Gasteiger partial charge < -0.3 is 15.1 Å². The number of likely N-dealkylation sites (tertiary alicyclic amines) is 1. The van der Waals surface area contributed by atoms with Gasteiger partial charge in [0.15, 0.2) is 11.6 Å². The topological polar surface area (TPSA) is 102 Å². The maximum atomic E-state index is 15.6. The van der Waals surface area contributed by atoms with Gasteiger partial charge in [-0.05, 0) is 62.7 Å². The van der Waals surface area contributed by atoms with Crippen LogP contribution in [-0.2, 0) is 16.1 Å². The first kappa shape index (κ1) is 27.0. The van der Waals surface area contributed by atoms with Crippen molar-refractivity contribution in [3.63, 3.8) is 0 Å². The second kappa shape index (κ2) is 13.0. The average Bonchev–Trinajstić information content (AvgIpc) is 3.56. The molecule has 9 nitrogen and oxygen atoms in total. The Morgan fingerprint density at radius 3 is 2.61 bits per heavy atom. The number of hydroxylamine groups is 2. The predicted octanol–water partition coefficient (Wildman–Crippen LogP) is 3.38. The Bertz CT molecular complexity index is 897. The second-order valence-electron chi connectivity index (χ2n) is 10.5. The molecule has 4 rings (SSSR count). The average molecular weight is 525 g/mol. The van der Waals surface area contributed by atoms with Crippen molar-refractivity contribution in [1.29, 1.82) is 0 Å². The Morgan fingerprint density at radius 1 is 1.14 bits per heavy atom. The zero-order valence-electron chi connectivity index (χ0n) is 20.9. The standard InChI is InChI=1S/C25H38ClFN6O3/c26-25-29-21(14-28-24(35)19(15-32(36)17-34)13-18-7-2-3-8-18)22(27)23(30-25)33-12-6-9-20(33)16-31-10-4-1-5-11-31/h17-20,36H,1-16H2,(H,28,35)/t19-,20+/m1/s1. The molecule has 0 bridgehead atoms. The quantitative estimate of drug-likeness (QED) is 0.198. The monoisotopic (exact) mass is 524 g/mol. The van der Waals surface area contributed by atoms with E-state index in [2.05, 4.69) is 20.2 Å². The van der Waals surface area contributed by atoms with E-state index in [1.807, 2.05) is 4.90 Å². The third-order valence-corrected chi connectivity index (χ3v) is 8.03. The SMILES string of the molecule is O=CN(O)C[C@@H](CC1CCCC1)C(=O)NCc1nc(Cl)nc(N2CCC[C@H]2CN2CCCCC2)c1F. The molecule has 0 spiro atoms. The van der Waals surface area contributed by atoms with E-state index in [4.69, 9.17) is 11.6 Å². The van der Waals surface area contributed by atoms with Gasteiger partial charge in [-0.25, -0.2) is 14.4 Å². The van der Waals surface area contributed by atoms with E-state index in [1.54, 1.807) is 0 Å². The van der Waals surface area contributed by atoms with Crippen LogP contribution in [0.15, 0.2) is 0 Å². The maximum Gasteiger partial charge on any atom is 0.233 e. The Labute approximate surface area is 217 Å². The summed E-state index contributed by atoms with van der Waals surface area (Å²) in [6.45, 7) is 3.49. The summed E-state index contributed by atoms with van der Waals surface area (Å²) < 4.78 is 15.6. The van der Waals surface area contributed by atoms with Crippen molar-refractivity contribution in [2.75, 3.05) is 37.6 Å². The molecule has 0 aromatic carbocycles. The first-order valence-corrected chi connectivity index (χ1v) is 13.7. The maximum absolute atomic E-state index is 15.6. The van der Waals surface area contributed by atoms with Crippen LogP contribution in [0.4, 0.5) is 10.2 Å². The molecule has 1 aromatic heterocycles. The molecule has 3 fully saturated rings. The van der Waals surface area contributed by atoms with Crippen molar-refractivity contribution in [3.05, 3.63) is 16.8 Å². The molecule has 0 radical (unpaired) electrons. The lowest BCUT2D eigenvalue weighted by atomic mass is 9.92. The number of hydrogen-bond acceptors (Lipinski definition) is 7. The minimum atomic E-state index is -0.587. The van der Waals surface area contributed by atoms with Crippen LogP contribution in [0.3, 0.4) is 0 Å². The number of piperidine rings is 1. The number of hydrogen-bond donors (Lipinski definition) is 2. The smallest absolute Gasteiger partial charge is 0.233 e. The van der Waals surface area contributed by atoms with Gasteiger partial charge in [-0.3, -0.25) is 14.8 Å². The number of halogens is 2. The van der Waals surface area contributed by atoms with Crippen LogP contribution in [0.25, 0.3) is 0 Å². The molecule has 2 aliphatic heterocycles. The lowest BCUT2D eigenvalue weighted by Crippen LogP contribution is -2.43. The minimum Gasteiger partial charge on any atom is -0.350 e. The van der Waals surface area contributed by atoms with Gasteiger partial charge in [0.25, 0.3) is 0 Å². The summed E-state index contributed by atoms with van der Waals surface area (Å²) in [6, 6.07) is 0.167. The summed E-state index contributed by atoms with van der Waals surface area (Å²) in [5.41, 5.74) is 0.0397. The van der Waals surface area contributed by atoms with Crippen molar-refractivity contribution in [1.82, 2.24) is 25.2 Å². The zero-order chi connectivity index (χ0) is 25.5. The van der Waals surface area contributed by atoms with Gasteiger partial charge in [-0.15, -0.1) is 0 Å². The molecular formula is C25H38ClFN6O3. The zero-order valence-corrected chi connectivity index (χ0v) is 21.6. The molecular weight excluding hydrogens is 487 g/mol. The Morgan fingerprint density at radius 2 is 1.89 bits per heavy atom. The van der Waals surface area contributed by atoms with Crippen LogP contribution in [-0.4, -0.2) is 76.2 Å². The number of carbonyl (C=O) groups excluding carboxylic acids is 2. The molecule has 2 N–H and O–H groups in total. The van der Waals surface area contributed by atoms with Crippen molar-refractivity contribution < 1.29 is 19.2 Å². The summed E-state index contributed by atoms with van der Waals surface area (Å²) in [4.78, 5) is 36.7. The van der Waals surface area contributed by atoms with E-state index in [9.17, 15) is 14.8 Å². The lowest BCUT2D eigenvalue weighted by Gasteiger charge is -2.33. The number of amides is 2. The molecule has 2 saturated heterocycles. The summed E-state index contributed by atoms with van der Waals surface area (Å²) in [6.07, 6.45) is 10.8. The van der Waals surface area contributed by atoms with Crippen molar-refractivity contribution in [2.45, 2.75) is 76.8 Å². The van der Waals surface area contributed by atoms with Gasteiger partial charge in [-0.1, -0.05) is 32.1 Å². The molecule has 3 aliphatic rings. The van der Waals surface area contributed by atoms with Gasteiger partial charge >= 0.3 is 0 Å². The number of nitrogens with one attached hydrogen (secondary N) is 1. The molecule has 0 unspecified atom stereocenters. The second-order valence-corrected chi connectivity index (χ2v) is 10.8. The third kappa shape index (κ3) is 7.04. The van der Waals surface area contributed by atoms with Gasteiger partial charge in [0.05, 0.1) is 19.0 Å². The summed E-state index contributed by atoms with van der Waals surface area (Å²) in [5.74, 6) is -0.916. The third-order valence-electron chi connectivity index (χ3n) is 7.86. The fourth-order valence-electron chi connectivity index (χ4n) is 6.00. The molecule has 36 heavy (non-hydrogen) atoms. The first-order chi connectivity index (χ1) is 17.4. The molecule has 3 heterocycles. The molecule has 2 amide bonds. The molecule has 200 valence electrons. The van der Waals surface area contributed by atoms with Crippen LogP contribution >= 0.6 is 11.6 Å². The van der Waals surface area contributed by atoms with Crippen LogP contribution in [0.1, 0.15) is 69.9 Å². The van der Waals surface area contributed by atoms with Crippen LogP contribution in [0.2, 0.25) is 5.28 Å². The number of rotatable bonds is 11. The number of nitrogens with zero attached hydrogens (tertiary/aromatic N) is 5. The Balaban J connectivity index is 1.43. The van der Waals surface area contributed by atoms with Gasteiger partial charge in [0, 0.05) is 19.1 Å². The molecule has 11 heteroatoms. The van der Waals surface area contributed by atoms with Crippen molar-refractivity contribution in [3.8, 4) is 0 Å². The molecule has 1 aromatic rings. The summed E-state index contributed by atoms with van der Waals surface area (Å²) >= 11 is 6.20. The Hall–Kier alpha value is -2.04. The van der Waals surface area contributed by atoms with Crippen LogP contribution < -0.4 is 10.2 Å². The summed E-state index contributed by atoms with van der Waals surface area (Å²) in [5, 5.41) is 12.9. The lowest BCUT2D eigenvalue weighted by molar-refractivity contribution is -0.155. The highest BCUT2D eigenvalue weighted by Crippen LogP contribution is 2.31. The normalized spacial score (nSPS) is 22.1. The largest absolute Gasteiger partial charge is 0.350 e. The Kier molecular flexibility index (Phi) is 9.73. The van der Waals surface area contributed by atoms with E-state index < -0.39 is 11.7 Å². The van der Waals surface area contributed by atoms with Gasteiger partial charge in [0.1, 0.15) is 5.69 Å². The van der Waals surface area contributed by atoms with E-state index in [0.717, 1.165) is 58.2 Å². The molecule has 1 aliphatic carbocycles. The van der Waals surface area contributed by atoms with E-state index in [0.29, 0.717) is 30.4 Å². The number of anilines is 1. The fraction of sp³-hybridized carbons (Fsp3) is 0.760. The highest BCUT2D eigenvalue weighted by Gasteiger charge is 2.32. The van der Waals surface area contributed by atoms with E-state index >= 15 is 4.39 Å². The van der Waals surface area contributed by atoms with Gasteiger partial charge in [0.2, 0.25) is 17.6 Å². The highest BCUT2D eigenvalue weighted by atomic mass is 35.5. The van der Waals surface area contributed by atoms with Crippen LogP contribution in [0, 0.1) is 17.7 Å². The molecule has 2 atom stereocenters. The number of carbonyl (C=O) groups is 2. The fourth-order valence-corrected chi connectivity index (χ4v) is 6.18. The van der Waals surface area contributed by atoms with E-state index in [-0.39, 0.29) is 41.8 Å². The minimum absolute atomic E-state index is 0.0397. The first-order valence-electron chi connectivity index (χ1n) is 13.3. The van der Waals surface area contributed by atoms with E-state index in [1.165, 1.54) is 19.3 Å². The predicted molar refractivity (Wildman–Crippen MR) is 134 cm³/mol. The number of aromatic nitrogens is 2. The molecule has 1 saturated carbocycles. The van der Waals surface area contributed by atoms with Crippen molar-refractivity contribution in [2.24, 2.45) is 11.8 Å². The highest BCUT2D eigenvalue weighted by molar-refractivity contribution is 6.28. The van der Waals surface area contributed by atoms with Crippen molar-refractivity contribution >= 4 is 29.7 Å². The van der Waals surface area contributed by atoms with Gasteiger partial charge in [-0.2, -0.15) is 4.98 Å². The summed E-state index contributed by atoms with van der Waals surface area (Å²) in [7, 11) is 0. The van der Waals surface area contributed by atoms with Crippen LogP contribution in [0.5, 0.6) is 0 Å².